The molecule has 0 radical (unpaired) electrons. The Morgan fingerprint density at radius 3 is 2.57 bits per heavy atom. The van der Waals surface area contributed by atoms with Crippen LogP contribution < -0.4 is 5.73 Å². The molecule has 3 nitrogen and oxygen atoms in total. The van der Waals surface area contributed by atoms with Crippen molar-refractivity contribution < 1.29 is 0 Å². The predicted molar refractivity (Wildman–Crippen MR) is 59.3 cm³/mol. The van der Waals surface area contributed by atoms with Crippen molar-refractivity contribution in [3.05, 3.63) is 23.3 Å². The van der Waals surface area contributed by atoms with Crippen molar-refractivity contribution in [2.45, 2.75) is 27.3 Å². The molecule has 14 heavy (non-hydrogen) atoms. The van der Waals surface area contributed by atoms with Crippen molar-refractivity contribution in [2.75, 3.05) is 5.73 Å². The number of aryl methyl sites for hydroxylation is 3. The molecule has 3 heteroatoms. The SMILES string of the molecule is CCn1c(N)nc2cc(C)c(C)cc21. The maximum Gasteiger partial charge on any atom is 0.201 e. The summed E-state index contributed by atoms with van der Waals surface area (Å²) in [6, 6.07) is 4.24. The molecular formula is C11H15N3. The van der Waals surface area contributed by atoms with Crippen LogP contribution in [0.1, 0.15) is 18.1 Å². The van der Waals surface area contributed by atoms with Gasteiger partial charge in [-0.3, -0.25) is 0 Å². The van der Waals surface area contributed by atoms with Crippen LogP contribution in [0.2, 0.25) is 0 Å². The predicted octanol–water partition coefficient (Wildman–Crippen LogP) is 2.26. The van der Waals surface area contributed by atoms with Gasteiger partial charge in [-0.25, -0.2) is 4.98 Å². The van der Waals surface area contributed by atoms with Crippen LogP contribution in [0.4, 0.5) is 5.95 Å². The number of benzene rings is 1. The third-order valence-electron chi connectivity index (χ3n) is 2.71. The number of imidazole rings is 1. The topological polar surface area (TPSA) is 43.8 Å². The smallest absolute Gasteiger partial charge is 0.201 e. The van der Waals surface area contributed by atoms with Gasteiger partial charge in [0.2, 0.25) is 5.95 Å². The summed E-state index contributed by atoms with van der Waals surface area (Å²) in [5.41, 5.74) is 10.5. The number of nitrogens with zero attached hydrogens (tertiary/aromatic N) is 2. The van der Waals surface area contributed by atoms with Crippen molar-refractivity contribution in [1.82, 2.24) is 9.55 Å². The fraction of sp³-hybridized carbons (Fsp3) is 0.364. The molecule has 74 valence electrons. The molecule has 0 spiro atoms. The van der Waals surface area contributed by atoms with E-state index in [2.05, 4.69) is 37.9 Å². The number of rotatable bonds is 1. The van der Waals surface area contributed by atoms with Crippen LogP contribution in [0.5, 0.6) is 0 Å². The third-order valence-corrected chi connectivity index (χ3v) is 2.71. The van der Waals surface area contributed by atoms with E-state index in [9.17, 15) is 0 Å². The minimum absolute atomic E-state index is 0.604. The Kier molecular flexibility index (Phi) is 1.95. The summed E-state index contributed by atoms with van der Waals surface area (Å²) in [5, 5.41) is 0. The summed E-state index contributed by atoms with van der Waals surface area (Å²) < 4.78 is 2.03. The lowest BCUT2D eigenvalue weighted by atomic mass is 10.1. The summed E-state index contributed by atoms with van der Waals surface area (Å²) in [5.74, 6) is 0.604. The molecule has 1 aromatic carbocycles. The van der Waals surface area contributed by atoms with Crippen LogP contribution in [0.15, 0.2) is 12.1 Å². The van der Waals surface area contributed by atoms with Gasteiger partial charge in [-0.05, 0) is 44.0 Å². The maximum atomic E-state index is 5.82. The number of anilines is 1. The second-order valence-electron chi connectivity index (χ2n) is 3.64. The van der Waals surface area contributed by atoms with Gasteiger partial charge >= 0.3 is 0 Å². The van der Waals surface area contributed by atoms with E-state index >= 15 is 0 Å². The fourth-order valence-corrected chi connectivity index (χ4v) is 1.73. The quantitative estimate of drug-likeness (QED) is 0.747. The maximum absolute atomic E-state index is 5.82. The van der Waals surface area contributed by atoms with E-state index in [0.717, 1.165) is 17.6 Å². The van der Waals surface area contributed by atoms with Gasteiger partial charge in [-0.15, -0.1) is 0 Å². The van der Waals surface area contributed by atoms with Crippen LogP contribution in [-0.2, 0) is 6.54 Å². The molecule has 0 aliphatic carbocycles. The molecule has 2 N–H and O–H groups in total. The highest BCUT2D eigenvalue weighted by Gasteiger charge is 2.07. The van der Waals surface area contributed by atoms with E-state index < -0.39 is 0 Å². The largest absolute Gasteiger partial charge is 0.369 e. The summed E-state index contributed by atoms with van der Waals surface area (Å²) in [7, 11) is 0. The minimum atomic E-state index is 0.604. The number of hydrogen-bond donors (Lipinski definition) is 1. The van der Waals surface area contributed by atoms with Gasteiger partial charge in [-0.2, -0.15) is 0 Å². The lowest BCUT2D eigenvalue weighted by Gasteiger charge is -2.03. The van der Waals surface area contributed by atoms with Crippen LogP contribution in [0.25, 0.3) is 11.0 Å². The molecular weight excluding hydrogens is 174 g/mol. The van der Waals surface area contributed by atoms with Crippen LogP contribution in [0.3, 0.4) is 0 Å². The Morgan fingerprint density at radius 2 is 1.93 bits per heavy atom. The third kappa shape index (κ3) is 1.16. The molecule has 0 aliphatic rings. The van der Waals surface area contributed by atoms with Gasteiger partial charge in [0, 0.05) is 6.54 Å². The molecule has 0 atom stereocenters. The van der Waals surface area contributed by atoms with Crippen molar-refractivity contribution >= 4 is 17.0 Å². The standard InChI is InChI=1S/C11H15N3/c1-4-14-10-6-8(3)7(2)5-9(10)13-11(14)12/h5-6H,4H2,1-3H3,(H2,12,13). The van der Waals surface area contributed by atoms with Crippen molar-refractivity contribution in [3.8, 4) is 0 Å². The highest BCUT2D eigenvalue weighted by atomic mass is 15.1. The van der Waals surface area contributed by atoms with Crippen molar-refractivity contribution in [2.24, 2.45) is 0 Å². The van der Waals surface area contributed by atoms with Gasteiger partial charge < -0.3 is 10.3 Å². The Bertz CT molecular complexity index is 483. The molecule has 2 aromatic rings. The molecule has 1 aromatic heterocycles. The van der Waals surface area contributed by atoms with Gasteiger partial charge in [0.15, 0.2) is 0 Å². The Hall–Kier alpha value is -1.51. The molecule has 0 bridgehead atoms. The van der Waals surface area contributed by atoms with Gasteiger partial charge in [0.05, 0.1) is 11.0 Å². The highest BCUT2D eigenvalue weighted by molar-refractivity contribution is 5.80. The Labute approximate surface area is 83.6 Å². The lowest BCUT2D eigenvalue weighted by Crippen LogP contribution is -2.00. The molecule has 2 rings (SSSR count). The first kappa shape index (κ1) is 9.06. The molecule has 0 amide bonds. The minimum Gasteiger partial charge on any atom is -0.369 e. The zero-order valence-electron chi connectivity index (χ0n) is 8.83. The highest BCUT2D eigenvalue weighted by Crippen LogP contribution is 2.21. The molecule has 0 saturated carbocycles. The first-order valence-electron chi connectivity index (χ1n) is 4.86. The van der Waals surface area contributed by atoms with E-state index in [0.29, 0.717) is 5.95 Å². The first-order chi connectivity index (χ1) is 6.63. The van der Waals surface area contributed by atoms with E-state index in [1.165, 1.54) is 11.1 Å². The van der Waals surface area contributed by atoms with Gasteiger partial charge in [0.25, 0.3) is 0 Å². The van der Waals surface area contributed by atoms with Crippen molar-refractivity contribution in [1.29, 1.82) is 0 Å². The fourth-order valence-electron chi connectivity index (χ4n) is 1.73. The second kappa shape index (κ2) is 3.01. The summed E-state index contributed by atoms with van der Waals surface area (Å²) >= 11 is 0. The van der Waals surface area contributed by atoms with Gasteiger partial charge in [0.1, 0.15) is 0 Å². The molecule has 0 aliphatic heterocycles. The average Bonchev–Trinajstić information content (AvgIpc) is 2.42. The molecule has 0 saturated heterocycles. The summed E-state index contributed by atoms with van der Waals surface area (Å²) in [4.78, 5) is 4.33. The number of nitrogens with two attached hydrogens (primary N) is 1. The molecule has 0 fully saturated rings. The zero-order valence-corrected chi connectivity index (χ0v) is 8.83. The zero-order chi connectivity index (χ0) is 10.3. The van der Waals surface area contributed by atoms with Crippen LogP contribution in [0, 0.1) is 13.8 Å². The Morgan fingerprint density at radius 1 is 1.29 bits per heavy atom. The number of nitrogen functional groups attached to an aromatic ring is 1. The lowest BCUT2D eigenvalue weighted by molar-refractivity contribution is 0.800. The first-order valence-corrected chi connectivity index (χ1v) is 4.86. The van der Waals surface area contributed by atoms with E-state index in [-0.39, 0.29) is 0 Å². The number of hydrogen-bond acceptors (Lipinski definition) is 2. The Balaban J connectivity index is 2.82. The summed E-state index contributed by atoms with van der Waals surface area (Å²) in [6.07, 6.45) is 0. The molecule has 1 heterocycles. The monoisotopic (exact) mass is 189 g/mol. The van der Waals surface area contributed by atoms with E-state index in [1.807, 2.05) is 4.57 Å². The number of aromatic nitrogens is 2. The normalized spacial score (nSPS) is 11.1. The van der Waals surface area contributed by atoms with Crippen LogP contribution >= 0.6 is 0 Å². The second-order valence-corrected chi connectivity index (χ2v) is 3.64. The van der Waals surface area contributed by atoms with E-state index in [1.54, 1.807) is 0 Å². The van der Waals surface area contributed by atoms with Gasteiger partial charge in [-0.1, -0.05) is 0 Å². The molecule has 0 unspecified atom stereocenters. The van der Waals surface area contributed by atoms with Crippen LogP contribution in [-0.4, -0.2) is 9.55 Å². The van der Waals surface area contributed by atoms with E-state index in [4.69, 9.17) is 5.73 Å². The summed E-state index contributed by atoms with van der Waals surface area (Å²) in [6.45, 7) is 7.14. The average molecular weight is 189 g/mol. The van der Waals surface area contributed by atoms with Crippen molar-refractivity contribution in [3.63, 3.8) is 0 Å². The number of fused-ring (bicyclic) bond motifs is 1.